The van der Waals surface area contributed by atoms with Crippen LogP contribution in [0.4, 0.5) is 0 Å². The standard InChI is InChI=1S/C21H22N4O6S2/c1-14-13-32-21-22-17(11-19(27)25(14)21)12-31-20(28)16-3-5-18(6-4-16)33(29,30)24-9-7-23(8-10-24)15(2)26/h3-6,11,13H,7-10,12H2,1-2H3. The molecule has 1 aliphatic heterocycles. The minimum Gasteiger partial charge on any atom is -0.456 e. The van der Waals surface area contributed by atoms with E-state index in [2.05, 4.69) is 4.98 Å². The summed E-state index contributed by atoms with van der Waals surface area (Å²) in [5.74, 6) is -0.737. The number of hydrogen-bond donors (Lipinski definition) is 0. The lowest BCUT2D eigenvalue weighted by Crippen LogP contribution is -2.49. The molecule has 0 unspecified atom stereocenters. The van der Waals surface area contributed by atoms with E-state index in [9.17, 15) is 22.8 Å². The number of esters is 1. The molecule has 0 atom stereocenters. The van der Waals surface area contributed by atoms with E-state index >= 15 is 0 Å². The molecule has 4 rings (SSSR count). The van der Waals surface area contributed by atoms with Crippen LogP contribution >= 0.6 is 11.3 Å². The molecule has 0 saturated carbocycles. The van der Waals surface area contributed by atoms with E-state index in [-0.39, 0.29) is 41.6 Å². The summed E-state index contributed by atoms with van der Waals surface area (Å²) in [7, 11) is -3.74. The van der Waals surface area contributed by atoms with Crippen molar-refractivity contribution >= 4 is 38.2 Å². The van der Waals surface area contributed by atoms with E-state index in [1.807, 2.05) is 12.3 Å². The summed E-state index contributed by atoms with van der Waals surface area (Å²) < 4.78 is 33.8. The molecule has 1 amide bonds. The van der Waals surface area contributed by atoms with Gasteiger partial charge >= 0.3 is 5.97 Å². The van der Waals surface area contributed by atoms with Crippen molar-refractivity contribution in [3.63, 3.8) is 0 Å². The number of aryl methyl sites for hydroxylation is 1. The van der Waals surface area contributed by atoms with Crippen molar-refractivity contribution < 1.29 is 22.7 Å². The predicted molar refractivity (Wildman–Crippen MR) is 121 cm³/mol. The van der Waals surface area contributed by atoms with Gasteiger partial charge in [-0.2, -0.15) is 4.31 Å². The lowest BCUT2D eigenvalue weighted by Gasteiger charge is -2.33. The molecule has 10 nitrogen and oxygen atoms in total. The number of thiazole rings is 1. The summed E-state index contributed by atoms with van der Waals surface area (Å²) in [6.07, 6.45) is 0. The third-order valence-corrected chi connectivity index (χ3v) is 8.25. The smallest absolute Gasteiger partial charge is 0.338 e. The highest BCUT2D eigenvalue weighted by Crippen LogP contribution is 2.19. The van der Waals surface area contributed by atoms with Crippen LogP contribution in [0.2, 0.25) is 0 Å². The number of nitrogens with zero attached hydrogens (tertiary/aromatic N) is 4. The Kier molecular flexibility index (Phi) is 6.32. The summed E-state index contributed by atoms with van der Waals surface area (Å²) in [6, 6.07) is 6.80. The molecule has 3 aromatic rings. The number of hydrogen-bond acceptors (Lipinski definition) is 8. The number of amides is 1. The fraction of sp³-hybridized carbons (Fsp3) is 0.333. The predicted octanol–water partition coefficient (Wildman–Crippen LogP) is 1.27. The van der Waals surface area contributed by atoms with Crippen LogP contribution in [0.1, 0.15) is 28.7 Å². The van der Waals surface area contributed by atoms with Gasteiger partial charge in [-0.3, -0.25) is 14.0 Å². The Labute approximate surface area is 194 Å². The fourth-order valence-corrected chi connectivity index (χ4v) is 5.87. The molecule has 33 heavy (non-hydrogen) atoms. The molecule has 0 bridgehead atoms. The van der Waals surface area contributed by atoms with Crippen LogP contribution in [0.15, 0.2) is 45.4 Å². The van der Waals surface area contributed by atoms with Crippen LogP contribution in [0, 0.1) is 6.92 Å². The molecule has 174 valence electrons. The summed E-state index contributed by atoms with van der Waals surface area (Å²) in [5.41, 5.74) is 1.05. The zero-order chi connectivity index (χ0) is 23.8. The number of carbonyl (C=O) groups is 2. The van der Waals surface area contributed by atoms with Crippen molar-refractivity contribution in [1.29, 1.82) is 0 Å². The second kappa shape index (κ2) is 9.04. The van der Waals surface area contributed by atoms with Gasteiger partial charge in [0.05, 0.1) is 16.2 Å². The van der Waals surface area contributed by atoms with Crippen molar-refractivity contribution in [3.8, 4) is 0 Å². The van der Waals surface area contributed by atoms with Crippen LogP contribution in [-0.4, -0.2) is 65.1 Å². The maximum atomic E-state index is 12.9. The molecule has 3 heterocycles. The Bertz CT molecular complexity index is 1370. The highest BCUT2D eigenvalue weighted by molar-refractivity contribution is 7.89. The van der Waals surface area contributed by atoms with Crippen LogP contribution in [0.5, 0.6) is 0 Å². The topological polar surface area (TPSA) is 118 Å². The number of aromatic nitrogens is 2. The van der Waals surface area contributed by atoms with Crippen molar-refractivity contribution in [2.75, 3.05) is 26.2 Å². The Morgan fingerprint density at radius 3 is 2.42 bits per heavy atom. The van der Waals surface area contributed by atoms with Crippen LogP contribution in [-0.2, 0) is 26.2 Å². The van der Waals surface area contributed by atoms with Gasteiger partial charge < -0.3 is 9.64 Å². The van der Waals surface area contributed by atoms with E-state index in [0.29, 0.717) is 23.7 Å². The van der Waals surface area contributed by atoms with Crippen molar-refractivity contribution in [1.82, 2.24) is 18.6 Å². The lowest BCUT2D eigenvalue weighted by molar-refractivity contribution is -0.129. The maximum Gasteiger partial charge on any atom is 0.338 e. The van der Waals surface area contributed by atoms with Gasteiger partial charge in [0.15, 0.2) is 4.96 Å². The molecule has 1 aliphatic rings. The maximum absolute atomic E-state index is 12.9. The van der Waals surface area contributed by atoms with Gasteiger partial charge in [0.2, 0.25) is 15.9 Å². The third-order valence-electron chi connectivity index (χ3n) is 5.39. The normalized spacial score (nSPS) is 15.0. The SMILES string of the molecule is CC(=O)N1CCN(S(=O)(=O)c2ccc(C(=O)OCc3cc(=O)n4c(C)csc4n3)cc2)CC1. The van der Waals surface area contributed by atoms with Gasteiger partial charge in [-0.25, -0.2) is 18.2 Å². The quantitative estimate of drug-likeness (QED) is 0.494. The summed E-state index contributed by atoms with van der Waals surface area (Å²) in [6.45, 7) is 4.20. The molecular weight excluding hydrogens is 468 g/mol. The highest BCUT2D eigenvalue weighted by atomic mass is 32.2. The molecule has 1 saturated heterocycles. The first-order valence-electron chi connectivity index (χ1n) is 10.2. The summed E-state index contributed by atoms with van der Waals surface area (Å²) in [5, 5.41) is 1.82. The first-order chi connectivity index (χ1) is 15.7. The second-order valence-electron chi connectivity index (χ2n) is 7.59. The molecule has 0 N–H and O–H groups in total. The van der Waals surface area contributed by atoms with Crippen molar-refractivity contribution in [2.24, 2.45) is 0 Å². The Morgan fingerprint density at radius 1 is 1.12 bits per heavy atom. The molecule has 0 radical (unpaired) electrons. The summed E-state index contributed by atoms with van der Waals surface area (Å²) in [4.78, 5) is 42.6. The molecule has 12 heteroatoms. The van der Waals surface area contributed by atoms with Gasteiger partial charge in [-0.15, -0.1) is 11.3 Å². The minimum absolute atomic E-state index is 0.0588. The van der Waals surface area contributed by atoms with E-state index < -0.39 is 16.0 Å². The van der Waals surface area contributed by atoms with E-state index in [4.69, 9.17) is 4.74 Å². The molecule has 0 spiro atoms. The number of fused-ring (bicyclic) bond motifs is 1. The van der Waals surface area contributed by atoms with E-state index in [1.165, 1.54) is 57.3 Å². The van der Waals surface area contributed by atoms with Gasteiger partial charge in [0, 0.05) is 50.2 Å². The monoisotopic (exact) mass is 490 g/mol. The molecule has 1 fully saturated rings. The Hall–Kier alpha value is -3.09. The molecular formula is C21H22N4O6S2. The first kappa shape index (κ1) is 23.1. The average molecular weight is 491 g/mol. The molecule has 2 aromatic heterocycles. The number of ether oxygens (including phenoxy) is 1. The van der Waals surface area contributed by atoms with Crippen LogP contribution < -0.4 is 5.56 Å². The Morgan fingerprint density at radius 2 is 1.79 bits per heavy atom. The zero-order valence-corrected chi connectivity index (χ0v) is 19.7. The van der Waals surface area contributed by atoms with Gasteiger partial charge in [-0.1, -0.05) is 0 Å². The largest absolute Gasteiger partial charge is 0.456 e. The molecule has 0 aliphatic carbocycles. The fourth-order valence-electron chi connectivity index (χ4n) is 3.55. The number of benzene rings is 1. The van der Waals surface area contributed by atoms with E-state index in [1.54, 1.807) is 4.90 Å². The average Bonchev–Trinajstić information content (AvgIpc) is 3.18. The number of sulfonamides is 1. The molecule has 1 aromatic carbocycles. The van der Waals surface area contributed by atoms with Gasteiger partial charge in [-0.05, 0) is 31.2 Å². The van der Waals surface area contributed by atoms with Crippen LogP contribution in [0.25, 0.3) is 4.96 Å². The first-order valence-corrected chi connectivity index (χ1v) is 12.5. The highest BCUT2D eigenvalue weighted by Gasteiger charge is 2.29. The van der Waals surface area contributed by atoms with Crippen molar-refractivity contribution in [2.45, 2.75) is 25.3 Å². The zero-order valence-electron chi connectivity index (χ0n) is 18.1. The lowest BCUT2D eigenvalue weighted by atomic mass is 10.2. The van der Waals surface area contributed by atoms with E-state index in [0.717, 1.165) is 5.69 Å². The van der Waals surface area contributed by atoms with Gasteiger partial charge in [0.25, 0.3) is 5.56 Å². The third kappa shape index (κ3) is 4.68. The number of carbonyl (C=O) groups excluding carboxylic acids is 2. The Balaban J connectivity index is 1.41. The number of piperazine rings is 1. The van der Waals surface area contributed by atoms with Crippen molar-refractivity contribution in [3.05, 3.63) is 63.0 Å². The van der Waals surface area contributed by atoms with Crippen LogP contribution in [0.3, 0.4) is 0 Å². The summed E-state index contributed by atoms with van der Waals surface area (Å²) >= 11 is 1.32. The second-order valence-corrected chi connectivity index (χ2v) is 10.4. The van der Waals surface area contributed by atoms with Gasteiger partial charge in [0.1, 0.15) is 6.61 Å². The minimum atomic E-state index is -3.74. The number of rotatable bonds is 5.